The van der Waals surface area contributed by atoms with Gasteiger partial charge in [0.1, 0.15) is 0 Å². The lowest BCUT2D eigenvalue weighted by Gasteiger charge is -2.21. The molecule has 0 bridgehead atoms. The Balaban J connectivity index is 3.67. The zero-order chi connectivity index (χ0) is 11.2. The van der Waals surface area contributed by atoms with Crippen LogP contribution in [0.4, 0.5) is 13.2 Å². The van der Waals surface area contributed by atoms with Crippen LogP contribution >= 0.6 is 0 Å². The highest BCUT2D eigenvalue weighted by Crippen LogP contribution is 2.24. The Labute approximate surface area is 83.9 Å². The third kappa shape index (κ3) is 6.24. The molecule has 0 radical (unpaired) electrons. The second kappa shape index (κ2) is 6.27. The molecule has 0 rings (SSSR count). The third-order valence-corrected chi connectivity index (χ3v) is 2.65. The summed E-state index contributed by atoms with van der Waals surface area (Å²) in [5.74, 6) is 0.364. The molecular formula is C10H20F3N. The van der Waals surface area contributed by atoms with E-state index in [1.54, 1.807) is 0 Å². The van der Waals surface area contributed by atoms with Crippen molar-refractivity contribution in [3.05, 3.63) is 0 Å². The molecular weight excluding hydrogens is 191 g/mol. The molecule has 2 N–H and O–H groups in total. The molecule has 0 aromatic heterocycles. The van der Waals surface area contributed by atoms with Crippen LogP contribution in [0.15, 0.2) is 0 Å². The Morgan fingerprint density at radius 1 is 1.14 bits per heavy atom. The Bertz CT molecular complexity index is 141. The largest absolute Gasteiger partial charge is 0.389 e. The fraction of sp³-hybridized carbons (Fsp3) is 1.00. The van der Waals surface area contributed by atoms with Gasteiger partial charge in [-0.05, 0) is 18.8 Å². The number of hydrogen-bond acceptors (Lipinski definition) is 1. The van der Waals surface area contributed by atoms with Crippen molar-refractivity contribution >= 4 is 0 Å². The van der Waals surface area contributed by atoms with E-state index in [9.17, 15) is 13.2 Å². The van der Waals surface area contributed by atoms with Crippen LogP contribution in [0.2, 0.25) is 0 Å². The molecule has 1 atom stereocenters. The van der Waals surface area contributed by atoms with Gasteiger partial charge in [-0.1, -0.05) is 26.7 Å². The fourth-order valence-electron chi connectivity index (χ4n) is 1.67. The molecule has 0 aromatic carbocycles. The summed E-state index contributed by atoms with van der Waals surface area (Å²) in [4.78, 5) is 0. The maximum Gasteiger partial charge on any atom is 0.389 e. The number of halogens is 3. The van der Waals surface area contributed by atoms with E-state index in [2.05, 4.69) is 0 Å². The van der Waals surface area contributed by atoms with E-state index >= 15 is 0 Å². The molecule has 0 amide bonds. The van der Waals surface area contributed by atoms with Crippen molar-refractivity contribution < 1.29 is 13.2 Å². The van der Waals surface area contributed by atoms with Gasteiger partial charge in [0.2, 0.25) is 0 Å². The summed E-state index contributed by atoms with van der Waals surface area (Å²) in [5, 5.41) is 0. The summed E-state index contributed by atoms with van der Waals surface area (Å²) < 4.78 is 35.5. The predicted octanol–water partition coefficient (Wildman–Crippen LogP) is 3.48. The van der Waals surface area contributed by atoms with E-state index in [4.69, 9.17) is 5.73 Å². The van der Waals surface area contributed by atoms with Gasteiger partial charge in [0.05, 0.1) is 0 Å². The third-order valence-electron chi connectivity index (χ3n) is 2.65. The summed E-state index contributed by atoms with van der Waals surface area (Å²) in [6, 6.07) is -0.0765. The number of alkyl halides is 3. The van der Waals surface area contributed by atoms with Gasteiger partial charge < -0.3 is 5.73 Å². The van der Waals surface area contributed by atoms with Crippen molar-refractivity contribution in [2.75, 3.05) is 0 Å². The lowest BCUT2D eigenvalue weighted by atomic mass is 9.91. The summed E-state index contributed by atoms with van der Waals surface area (Å²) in [7, 11) is 0. The highest BCUT2D eigenvalue weighted by molar-refractivity contribution is 4.71. The lowest BCUT2D eigenvalue weighted by molar-refractivity contribution is -0.135. The van der Waals surface area contributed by atoms with Crippen LogP contribution in [0.3, 0.4) is 0 Å². The number of hydrogen-bond donors (Lipinski definition) is 1. The van der Waals surface area contributed by atoms with Crippen LogP contribution in [-0.4, -0.2) is 12.2 Å². The van der Waals surface area contributed by atoms with Gasteiger partial charge in [-0.3, -0.25) is 0 Å². The van der Waals surface area contributed by atoms with E-state index in [1.807, 2.05) is 13.8 Å². The summed E-state index contributed by atoms with van der Waals surface area (Å²) >= 11 is 0. The zero-order valence-corrected chi connectivity index (χ0v) is 8.90. The van der Waals surface area contributed by atoms with Gasteiger partial charge in [0, 0.05) is 12.5 Å². The van der Waals surface area contributed by atoms with Crippen molar-refractivity contribution in [2.45, 2.75) is 58.2 Å². The van der Waals surface area contributed by atoms with Crippen molar-refractivity contribution in [1.29, 1.82) is 0 Å². The fourth-order valence-corrected chi connectivity index (χ4v) is 1.67. The van der Waals surface area contributed by atoms with E-state index in [1.165, 1.54) is 0 Å². The first kappa shape index (κ1) is 13.8. The van der Waals surface area contributed by atoms with Gasteiger partial charge in [-0.2, -0.15) is 13.2 Å². The molecule has 0 aliphatic carbocycles. The highest BCUT2D eigenvalue weighted by Gasteiger charge is 2.26. The highest BCUT2D eigenvalue weighted by atomic mass is 19.4. The standard InChI is InChI=1S/C10H20F3N/c1-3-8(4-2)9(14)6-5-7-10(11,12)13/h8-9H,3-7,14H2,1-2H3. The first-order chi connectivity index (χ1) is 6.40. The van der Waals surface area contributed by atoms with Crippen LogP contribution in [0, 0.1) is 5.92 Å². The lowest BCUT2D eigenvalue weighted by Crippen LogP contribution is -2.29. The Hall–Kier alpha value is -0.250. The SMILES string of the molecule is CCC(CC)C(N)CCCC(F)(F)F. The molecule has 4 heteroatoms. The summed E-state index contributed by atoms with van der Waals surface area (Å²) in [5.41, 5.74) is 5.80. The molecule has 0 saturated heterocycles. The van der Waals surface area contributed by atoms with Gasteiger partial charge in [0.15, 0.2) is 0 Å². The normalized spacial score (nSPS) is 14.8. The first-order valence-corrected chi connectivity index (χ1v) is 5.23. The minimum atomic E-state index is -4.03. The Morgan fingerprint density at radius 2 is 1.64 bits per heavy atom. The number of rotatable bonds is 6. The van der Waals surface area contributed by atoms with E-state index < -0.39 is 12.6 Å². The molecule has 0 heterocycles. The second-order valence-corrected chi connectivity index (χ2v) is 3.75. The van der Waals surface area contributed by atoms with E-state index in [0.717, 1.165) is 12.8 Å². The molecule has 0 aromatic rings. The zero-order valence-electron chi connectivity index (χ0n) is 8.90. The monoisotopic (exact) mass is 211 g/mol. The predicted molar refractivity (Wildman–Crippen MR) is 52.0 cm³/mol. The van der Waals surface area contributed by atoms with E-state index in [-0.39, 0.29) is 12.5 Å². The molecule has 14 heavy (non-hydrogen) atoms. The van der Waals surface area contributed by atoms with Gasteiger partial charge in [0.25, 0.3) is 0 Å². The van der Waals surface area contributed by atoms with Crippen LogP contribution in [0.5, 0.6) is 0 Å². The van der Waals surface area contributed by atoms with Crippen molar-refractivity contribution in [1.82, 2.24) is 0 Å². The van der Waals surface area contributed by atoms with Crippen molar-refractivity contribution in [3.63, 3.8) is 0 Å². The molecule has 1 unspecified atom stereocenters. The summed E-state index contributed by atoms with van der Waals surface area (Å²) in [6.07, 6.45) is -2.21. The topological polar surface area (TPSA) is 26.0 Å². The first-order valence-electron chi connectivity index (χ1n) is 5.23. The van der Waals surface area contributed by atoms with E-state index in [0.29, 0.717) is 12.3 Å². The Kier molecular flexibility index (Phi) is 6.16. The van der Waals surface area contributed by atoms with Crippen LogP contribution < -0.4 is 5.73 Å². The van der Waals surface area contributed by atoms with Gasteiger partial charge in [-0.15, -0.1) is 0 Å². The minimum Gasteiger partial charge on any atom is -0.327 e. The molecule has 1 nitrogen and oxygen atoms in total. The average molecular weight is 211 g/mol. The van der Waals surface area contributed by atoms with Crippen LogP contribution in [-0.2, 0) is 0 Å². The maximum atomic E-state index is 11.8. The molecule has 86 valence electrons. The van der Waals surface area contributed by atoms with Crippen molar-refractivity contribution in [3.8, 4) is 0 Å². The molecule has 0 fully saturated rings. The molecule has 0 aliphatic rings. The summed E-state index contributed by atoms with van der Waals surface area (Å²) in [6.45, 7) is 4.05. The van der Waals surface area contributed by atoms with Gasteiger partial charge in [-0.25, -0.2) is 0 Å². The van der Waals surface area contributed by atoms with Gasteiger partial charge >= 0.3 is 6.18 Å². The average Bonchev–Trinajstić information content (AvgIpc) is 2.04. The minimum absolute atomic E-state index is 0.0765. The van der Waals surface area contributed by atoms with Crippen LogP contribution in [0.1, 0.15) is 46.0 Å². The quantitative estimate of drug-likeness (QED) is 0.715. The maximum absolute atomic E-state index is 11.8. The Morgan fingerprint density at radius 3 is 2.00 bits per heavy atom. The smallest absolute Gasteiger partial charge is 0.327 e. The number of nitrogens with two attached hydrogens (primary N) is 1. The van der Waals surface area contributed by atoms with Crippen LogP contribution in [0.25, 0.3) is 0 Å². The second-order valence-electron chi connectivity index (χ2n) is 3.75. The van der Waals surface area contributed by atoms with Crippen molar-refractivity contribution in [2.24, 2.45) is 11.7 Å². The molecule has 0 saturated carbocycles. The molecule has 0 aliphatic heterocycles. The molecule has 0 spiro atoms.